The molecule has 0 aliphatic rings. The Balaban J connectivity index is 2.07. The van der Waals surface area contributed by atoms with Crippen LogP contribution in [0.15, 0.2) is 54.6 Å². The average Bonchev–Trinajstić information content (AvgIpc) is 2.47. The summed E-state index contributed by atoms with van der Waals surface area (Å²) in [6.07, 6.45) is 0. The van der Waals surface area contributed by atoms with Crippen LogP contribution < -0.4 is 9.26 Å². The number of para-hydroxylation sites is 1. The summed E-state index contributed by atoms with van der Waals surface area (Å²) < 4.78 is 21.8. The van der Waals surface area contributed by atoms with E-state index in [4.69, 9.17) is 9.26 Å². The molecular formula is C17H19O5P. The zero-order valence-electron chi connectivity index (χ0n) is 13.2. The Kier molecular flexibility index (Phi) is 4.93. The van der Waals surface area contributed by atoms with Crippen molar-refractivity contribution in [2.75, 3.05) is 0 Å². The molecule has 5 nitrogen and oxygen atoms in total. The van der Waals surface area contributed by atoms with Crippen LogP contribution in [0.1, 0.15) is 26.3 Å². The Morgan fingerprint density at radius 1 is 0.957 bits per heavy atom. The highest BCUT2D eigenvalue weighted by Gasteiger charge is 2.35. The van der Waals surface area contributed by atoms with E-state index >= 15 is 0 Å². The van der Waals surface area contributed by atoms with Gasteiger partial charge < -0.3 is 14.2 Å². The van der Waals surface area contributed by atoms with Crippen molar-refractivity contribution in [2.45, 2.75) is 26.2 Å². The van der Waals surface area contributed by atoms with Crippen molar-refractivity contribution in [2.24, 2.45) is 0 Å². The lowest BCUT2D eigenvalue weighted by molar-refractivity contribution is 0.214. The molecule has 6 heteroatoms. The Morgan fingerprint density at radius 3 is 2.04 bits per heavy atom. The summed E-state index contributed by atoms with van der Waals surface area (Å²) in [4.78, 5) is 21.6. The van der Waals surface area contributed by atoms with E-state index in [-0.39, 0.29) is 16.9 Å². The Morgan fingerprint density at radius 2 is 1.52 bits per heavy atom. The molecule has 1 N–H and O–H groups in total. The monoisotopic (exact) mass is 334 g/mol. The Hall–Kier alpha value is -2.10. The molecule has 2 rings (SSSR count). The van der Waals surface area contributed by atoms with Crippen LogP contribution in [0.3, 0.4) is 0 Å². The van der Waals surface area contributed by atoms with Gasteiger partial charge in [0.1, 0.15) is 11.5 Å². The first-order chi connectivity index (χ1) is 10.7. The van der Waals surface area contributed by atoms with Gasteiger partial charge in [0.15, 0.2) is 0 Å². The summed E-state index contributed by atoms with van der Waals surface area (Å²) in [6, 6.07) is 14.7. The van der Waals surface area contributed by atoms with Crippen molar-refractivity contribution in [1.82, 2.24) is 0 Å². The molecular weight excluding hydrogens is 315 g/mol. The van der Waals surface area contributed by atoms with Crippen LogP contribution in [-0.4, -0.2) is 10.6 Å². The lowest BCUT2D eigenvalue weighted by Gasteiger charge is -2.19. The Labute approximate surface area is 135 Å². The van der Waals surface area contributed by atoms with Gasteiger partial charge in [-0.15, -0.1) is 0 Å². The molecule has 0 saturated carbocycles. The van der Waals surface area contributed by atoms with Crippen LogP contribution >= 0.6 is 7.60 Å². The van der Waals surface area contributed by atoms with Crippen LogP contribution in [0, 0.1) is 0 Å². The maximum absolute atomic E-state index is 12.0. The molecule has 0 heterocycles. The van der Waals surface area contributed by atoms with Gasteiger partial charge in [0.25, 0.3) is 0 Å². The van der Waals surface area contributed by atoms with Crippen LogP contribution in [0.2, 0.25) is 0 Å². The van der Waals surface area contributed by atoms with Crippen molar-refractivity contribution in [3.05, 3.63) is 60.2 Å². The molecule has 122 valence electrons. The van der Waals surface area contributed by atoms with Crippen molar-refractivity contribution in [1.29, 1.82) is 0 Å². The fourth-order valence-electron chi connectivity index (χ4n) is 1.84. The van der Waals surface area contributed by atoms with Crippen LogP contribution in [0.25, 0.3) is 0 Å². The highest BCUT2D eigenvalue weighted by molar-refractivity contribution is 7.70. The normalized spacial score (nSPS) is 13.9. The lowest BCUT2D eigenvalue weighted by Crippen LogP contribution is -2.12. The summed E-state index contributed by atoms with van der Waals surface area (Å²) in [5, 5.41) is 0. The second-order valence-corrected chi connectivity index (χ2v) is 7.66. The van der Waals surface area contributed by atoms with Gasteiger partial charge in [0, 0.05) is 0 Å². The van der Waals surface area contributed by atoms with E-state index in [9.17, 15) is 14.3 Å². The van der Waals surface area contributed by atoms with Crippen molar-refractivity contribution in [3.63, 3.8) is 0 Å². The molecule has 0 aromatic heterocycles. The van der Waals surface area contributed by atoms with Gasteiger partial charge in [-0.2, -0.15) is 0 Å². The second-order valence-electron chi connectivity index (χ2n) is 6.07. The van der Waals surface area contributed by atoms with Crippen molar-refractivity contribution in [3.8, 4) is 11.5 Å². The van der Waals surface area contributed by atoms with Crippen LogP contribution in [0.4, 0.5) is 4.79 Å². The lowest BCUT2D eigenvalue weighted by atomic mass is 9.87. The summed E-state index contributed by atoms with van der Waals surface area (Å²) in [5.74, 6) is 0.312. The van der Waals surface area contributed by atoms with Crippen molar-refractivity contribution < 1.29 is 23.5 Å². The van der Waals surface area contributed by atoms with Gasteiger partial charge >= 0.3 is 13.3 Å². The zero-order valence-corrected chi connectivity index (χ0v) is 14.1. The van der Waals surface area contributed by atoms with Crippen molar-refractivity contribution >= 4 is 13.3 Å². The first-order valence-corrected chi connectivity index (χ1v) is 8.66. The molecule has 0 fully saturated rings. The zero-order chi connectivity index (χ0) is 17.1. The first kappa shape index (κ1) is 17.3. The standard InChI is InChI=1S/C17H19O5P/c1-17(2,3)13-9-11-14(12-10-13)21-16(18)23(19,20)22-15-7-5-4-6-8-15/h4-12H,1-3H3,(H,19,20). The fourth-order valence-corrected chi connectivity index (χ4v) is 2.55. The van der Waals surface area contributed by atoms with Gasteiger partial charge in [-0.3, -0.25) is 0 Å². The third-order valence-corrected chi connectivity index (χ3v) is 4.14. The molecule has 0 bridgehead atoms. The number of benzene rings is 2. The largest absolute Gasteiger partial charge is 0.485 e. The van der Waals surface area contributed by atoms with Gasteiger partial charge in [-0.1, -0.05) is 51.1 Å². The van der Waals surface area contributed by atoms with E-state index < -0.39 is 13.3 Å². The summed E-state index contributed by atoms with van der Waals surface area (Å²) in [6.45, 7) is 6.18. The van der Waals surface area contributed by atoms with E-state index in [1.807, 2.05) is 12.1 Å². The third-order valence-electron chi connectivity index (χ3n) is 3.13. The molecule has 1 atom stereocenters. The number of hydrogen-bond donors (Lipinski definition) is 1. The molecule has 0 saturated heterocycles. The van der Waals surface area contributed by atoms with E-state index in [2.05, 4.69) is 20.8 Å². The minimum Gasteiger partial charge on any atom is -0.417 e. The average molecular weight is 334 g/mol. The topological polar surface area (TPSA) is 72.8 Å². The molecule has 1 unspecified atom stereocenters. The minimum atomic E-state index is -4.58. The summed E-state index contributed by atoms with van der Waals surface area (Å²) in [5.41, 5.74) is -0.291. The predicted octanol–water partition coefficient (Wildman–Crippen LogP) is 4.75. The van der Waals surface area contributed by atoms with Gasteiger partial charge in [0.2, 0.25) is 0 Å². The van der Waals surface area contributed by atoms with Gasteiger partial charge in [0.05, 0.1) is 0 Å². The van der Waals surface area contributed by atoms with E-state index in [1.54, 1.807) is 30.3 Å². The minimum absolute atomic E-state index is 0.0365. The third kappa shape index (κ3) is 4.68. The summed E-state index contributed by atoms with van der Waals surface area (Å²) >= 11 is 0. The smallest absolute Gasteiger partial charge is 0.417 e. The number of carbonyl (C=O) groups is 1. The molecule has 0 aliphatic heterocycles. The van der Waals surface area contributed by atoms with E-state index in [1.165, 1.54) is 12.1 Å². The number of rotatable bonds is 4. The van der Waals surface area contributed by atoms with Gasteiger partial charge in [-0.05, 0) is 35.2 Å². The van der Waals surface area contributed by atoms with Gasteiger partial charge in [-0.25, -0.2) is 9.36 Å². The maximum Gasteiger partial charge on any atom is 0.485 e. The number of ether oxygens (including phenoxy) is 1. The molecule has 0 aliphatic carbocycles. The van der Waals surface area contributed by atoms with E-state index in [0.29, 0.717) is 0 Å². The maximum atomic E-state index is 12.0. The quantitative estimate of drug-likeness (QED) is 0.817. The molecule has 2 aromatic carbocycles. The highest BCUT2D eigenvalue weighted by atomic mass is 31.2. The first-order valence-electron chi connectivity index (χ1n) is 7.09. The second kappa shape index (κ2) is 6.57. The highest BCUT2D eigenvalue weighted by Crippen LogP contribution is 2.44. The molecule has 0 spiro atoms. The molecule has 23 heavy (non-hydrogen) atoms. The summed E-state index contributed by atoms with van der Waals surface area (Å²) in [7, 11) is -4.58. The van der Waals surface area contributed by atoms with E-state index in [0.717, 1.165) is 5.56 Å². The fraction of sp³-hybridized carbons (Fsp3) is 0.235. The van der Waals surface area contributed by atoms with Crippen LogP contribution in [-0.2, 0) is 9.98 Å². The van der Waals surface area contributed by atoms with Crippen LogP contribution in [0.5, 0.6) is 11.5 Å². The molecule has 2 aromatic rings. The SMILES string of the molecule is CC(C)(C)c1ccc(OC(=O)P(=O)(O)Oc2ccccc2)cc1. The Bertz CT molecular complexity index is 717. The number of hydrogen-bond acceptors (Lipinski definition) is 4. The molecule has 0 radical (unpaired) electrons. The number of carbonyl (C=O) groups excluding carboxylic acids is 1. The predicted molar refractivity (Wildman–Crippen MR) is 88.1 cm³/mol. The molecule has 0 amide bonds.